The van der Waals surface area contributed by atoms with Gasteiger partial charge in [0.2, 0.25) is 0 Å². The summed E-state index contributed by atoms with van der Waals surface area (Å²) < 4.78 is 0. The van der Waals surface area contributed by atoms with Crippen LogP contribution >= 0.6 is 0 Å². The molecule has 0 amide bonds. The van der Waals surface area contributed by atoms with Crippen LogP contribution in [-0.4, -0.2) is 35.0 Å². The van der Waals surface area contributed by atoms with E-state index in [1.165, 1.54) is 5.56 Å². The molecule has 2 N–H and O–H groups in total. The van der Waals surface area contributed by atoms with Gasteiger partial charge >= 0.3 is 0 Å². The SMILES string of the molecule is Cc1ccc2cccc(O)c2n1.Oc1ccc(-c2ccccc2)cc1.[Ga]. The molecular weight excluding hydrogens is 380 g/mol. The molecule has 4 rings (SSSR count). The van der Waals surface area contributed by atoms with Gasteiger partial charge in [-0.1, -0.05) is 60.7 Å². The van der Waals surface area contributed by atoms with E-state index in [1.54, 1.807) is 18.2 Å². The number of phenols is 2. The number of para-hydroxylation sites is 1. The summed E-state index contributed by atoms with van der Waals surface area (Å²) in [4.78, 5) is 4.23. The minimum atomic E-state index is 0. The third kappa shape index (κ3) is 4.91. The molecule has 26 heavy (non-hydrogen) atoms. The summed E-state index contributed by atoms with van der Waals surface area (Å²) in [6.45, 7) is 1.91. The molecule has 4 aromatic rings. The van der Waals surface area contributed by atoms with E-state index in [9.17, 15) is 5.11 Å². The Morgan fingerprint density at radius 1 is 0.654 bits per heavy atom. The number of pyridine rings is 1. The zero-order chi connectivity index (χ0) is 17.6. The van der Waals surface area contributed by atoms with Crippen molar-refractivity contribution in [1.82, 2.24) is 4.98 Å². The van der Waals surface area contributed by atoms with Crippen LogP contribution in [0.3, 0.4) is 0 Å². The number of hydrogen-bond acceptors (Lipinski definition) is 3. The Bertz CT molecular complexity index is 970. The summed E-state index contributed by atoms with van der Waals surface area (Å²) in [5, 5.41) is 19.5. The molecule has 0 atom stereocenters. The van der Waals surface area contributed by atoms with E-state index in [-0.39, 0.29) is 25.5 Å². The van der Waals surface area contributed by atoms with Crippen molar-refractivity contribution < 1.29 is 10.2 Å². The van der Waals surface area contributed by atoms with E-state index >= 15 is 0 Å². The van der Waals surface area contributed by atoms with Crippen LogP contribution in [0, 0.1) is 6.92 Å². The second-order valence-corrected chi connectivity index (χ2v) is 5.71. The van der Waals surface area contributed by atoms with E-state index in [2.05, 4.69) is 4.98 Å². The van der Waals surface area contributed by atoms with Crippen LogP contribution < -0.4 is 0 Å². The minimum Gasteiger partial charge on any atom is -0.508 e. The number of aryl methyl sites for hydroxylation is 1. The molecule has 0 aliphatic carbocycles. The molecule has 0 saturated carbocycles. The fourth-order valence-corrected chi connectivity index (χ4v) is 2.51. The molecule has 127 valence electrons. The van der Waals surface area contributed by atoms with Crippen LogP contribution in [0.5, 0.6) is 11.5 Å². The van der Waals surface area contributed by atoms with Crippen molar-refractivity contribution in [3.8, 4) is 22.6 Å². The zero-order valence-corrected chi connectivity index (χ0v) is 16.9. The second-order valence-electron chi connectivity index (χ2n) is 5.71. The number of aromatic hydroxyl groups is 2. The van der Waals surface area contributed by atoms with Crippen LogP contribution in [0.25, 0.3) is 22.0 Å². The molecule has 0 bridgehead atoms. The third-order valence-electron chi connectivity index (χ3n) is 3.81. The molecule has 1 aromatic heterocycles. The van der Waals surface area contributed by atoms with E-state index in [0.29, 0.717) is 11.3 Å². The number of fused-ring (bicyclic) bond motifs is 1. The van der Waals surface area contributed by atoms with E-state index in [4.69, 9.17) is 5.11 Å². The third-order valence-corrected chi connectivity index (χ3v) is 3.81. The predicted molar refractivity (Wildman–Crippen MR) is 107 cm³/mol. The molecule has 3 nitrogen and oxygen atoms in total. The predicted octanol–water partition coefficient (Wildman–Crippen LogP) is 4.93. The quantitative estimate of drug-likeness (QED) is 0.447. The molecule has 0 spiro atoms. The largest absolute Gasteiger partial charge is 0.508 e. The van der Waals surface area contributed by atoms with Gasteiger partial charge in [0.15, 0.2) is 0 Å². The average Bonchev–Trinajstić information content (AvgIpc) is 2.64. The van der Waals surface area contributed by atoms with Crippen molar-refractivity contribution in [3.05, 3.63) is 90.6 Å². The van der Waals surface area contributed by atoms with Gasteiger partial charge in [-0.2, -0.15) is 0 Å². The Morgan fingerprint density at radius 2 is 1.31 bits per heavy atom. The summed E-state index contributed by atoms with van der Waals surface area (Å²) in [5.41, 5.74) is 3.89. The molecule has 3 aromatic carbocycles. The van der Waals surface area contributed by atoms with Gasteiger partial charge in [-0.3, -0.25) is 0 Å². The topological polar surface area (TPSA) is 53.4 Å². The molecule has 0 fully saturated rings. The fourth-order valence-electron chi connectivity index (χ4n) is 2.51. The standard InChI is InChI=1S/C12H10O.C10H9NO.Ga/c13-12-8-6-11(7-9-12)10-4-2-1-3-5-10;1-7-5-6-8-3-2-4-9(12)10(8)11-7;/h1-9,13H;2-6,12H,1H3;. The first-order chi connectivity index (χ1) is 12.1. The van der Waals surface area contributed by atoms with Gasteiger partial charge in [0, 0.05) is 30.9 Å². The number of rotatable bonds is 1. The summed E-state index contributed by atoms with van der Waals surface area (Å²) in [5.74, 6) is 0.552. The summed E-state index contributed by atoms with van der Waals surface area (Å²) in [6.07, 6.45) is 0. The maximum absolute atomic E-state index is 9.43. The number of phenolic OH excluding ortho intramolecular Hbond substituents is 2. The van der Waals surface area contributed by atoms with E-state index in [0.717, 1.165) is 16.6 Å². The van der Waals surface area contributed by atoms with Crippen LogP contribution in [0.4, 0.5) is 0 Å². The molecule has 0 aliphatic heterocycles. The maximum atomic E-state index is 9.43. The monoisotopic (exact) mass is 398 g/mol. The Balaban J connectivity index is 0.000000180. The minimum absolute atomic E-state index is 0. The van der Waals surface area contributed by atoms with Crippen molar-refractivity contribution in [2.24, 2.45) is 0 Å². The van der Waals surface area contributed by atoms with Crippen LogP contribution in [0.15, 0.2) is 84.9 Å². The Kier molecular flexibility index (Phi) is 6.89. The van der Waals surface area contributed by atoms with Crippen LogP contribution in [-0.2, 0) is 0 Å². The summed E-state index contributed by atoms with van der Waals surface area (Å²) >= 11 is 0. The molecule has 1 heterocycles. The number of aromatic nitrogens is 1. The molecule has 4 heteroatoms. The Hall–Kier alpha value is -2.69. The van der Waals surface area contributed by atoms with Crippen molar-refractivity contribution in [2.75, 3.05) is 0 Å². The average molecular weight is 399 g/mol. The maximum Gasteiger partial charge on any atom is 0.141 e. The van der Waals surface area contributed by atoms with Crippen molar-refractivity contribution in [2.45, 2.75) is 6.92 Å². The van der Waals surface area contributed by atoms with Crippen LogP contribution in [0.1, 0.15) is 5.69 Å². The number of benzene rings is 3. The van der Waals surface area contributed by atoms with E-state index < -0.39 is 0 Å². The summed E-state index contributed by atoms with van der Waals surface area (Å²) in [7, 11) is 0. The first-order valence-electron chi connectivity index (χ1n) is 8.03. The van der Waals surface area contributed by atoms with Crippen molar-refractivity contribution in [3.63, 3.8) is 0 Å². The smallest absolute Gasteiger partial charge is 0.141 e. The van der Waals surface area contributed by atoms with Crippen molar-refractivity contribution in [1.29, 1.82) is 0 Å². The molecule has 3 radical (unpaired) electrons. The molecular formula is C22H19GaNO2. The number of hydrogen-bond donors (Lipinski definition) is 2. The molecule has 0 unspecified atom stereocenters. The zero-order valence-electron chi connectivity index (χ0n) is 14.5. The van der Waals surface area contributed by atoms with Gasteiger partial charge in [-0.25, -0.2) is 4.98 Å². The normalized spacial score (nSPS) is 9.73. The van der Waals surface area contributed by atoms with Gasteiger partial charge < -0.3 is 10.2 Å². The van der Waals surface area contributed by atoms with Gasteiger partial charge in [-0.05, 0) is 42.3 Å². The first-order valence-corrected chi connectivity index (χ1v) is 8.03. The summed E-state index contributed by atoms with van der Waals surface area (Å²) in [6, 6.07) is 26.6. The Labute approximate surface area is 166 Å². The first kappa shape index (κ1) is 19.6. The van der Waals surface area contributed by atoms with E-state index in [1.807, 2.05) is 73.7 Å². The van der Waals surface area contributed by atoms with Crippen molar-refractivity contribution >= 4 is 30.7 Å². The molecule has 0 saturated heterocycles. The Morgan fingerprint density at radius 3 is 2.00 bits per heavy atom. The van der Waals surface area contributed by atoms with Gasteiger partial charge in [0.25, 0.3) is 0 Å². The molecule has 0 aliphatic rings. The van der Waals surface area contributed by atoms with Gasteiger partial charge in [0.1, 0.15) is 17.0 Å². The number of nitrogens with zero attached hydrogens (tertiary/aromatic N) is 1. The fraction of sp³-hybridized carbons (Fsp3) is 0.0455. The van der Waals surface area contributed by atoms with Crippen LogP contribution in [0.2, 0.25) is 0 Å². The van der Waals surface area contributed by atoms with Gasteiger partial charge in [0.05, 0.1) is 0 Å². The second kappa shape index (κ2) is 9.13. The van der Waals surface area contributed by atoms with Gasteiger partial charge in [-0.15, -0.1) is 0 Å².